The van der Waals surface area contributed by atoms with Gasteiger partial charge in [-0.15, -0.1) is 0 Å². The van der Waals surface area contributed by atoms with Gasteiger partial charge in [-0.05, 0) is 72.4 Å². The zero-order valence-electron chi connectivity index (χ0n) is 16.1. The van der Waals surface area contributed by atoms with Crippen LogP contribution in [0.5, 0.6) is 0 Å². The average molecular weight is 418 g/mol. The Hall–Kier alpha value is -1.59. The van der Waals surface area contributed by atoms with Crippen LogP contribution in [0.4, 0.5) is 0 Å². The third-order valence-electron chi connectivity index (χ3n) is 5.46. The lowest BCUT2D eigenvalue weighted by Crippen LogP contribution is -2.39. The lowest BCUT2D eigenvalue weighted by atomic mass is 9.86. The summed E-state index contributed by atoms with van der Waals surface area (Å²) in [5.74, 6) is 0.0860. The number of halogens is 1. The van der Waals surface area contributed by atoms with Gasteiger partial charge in [-0.25, -0.2) is 0 Å². The Bertz CT molecular complexity index is 849. The Balaban J connectivity index is 2.06. The number of benzene rings is 1. The number of nitrogens with zero attached hydrogens (tertiary/aromatic N) is 2. The van der Waals surface area contributed by atoms with E-state index in [2.05, 4.69) is 57.1 Å². The molecule has 1 aromatic heterocycles. The molecule has 0 saturated carbocycles. The van der Waals surface area contributed by atoms with E-state index in [0.29, 0.717) is 6.54 Å². The van der Waals surface area contributed by atoms with Crippen molar-refractivity contribution >= 4 is 38.3 Å². The van der Waals surface area contributed by atoms with Gasteiger partial charge in [0, 0.05) is 37.6 Å². The van der Waals surface area contributed by atoms with Crippen molar-refractivity contribution in [2.45, 2.75) is 26.7 Å². The molecule has 1 unspecified atom stereocenters. The maximum absolute atomic E-state index is 12.9. The SMILES string of the molecule is CCN(CC)C(=O)C(/C=C1\CCc2c(Br)n(C)c3cccc1c23)CNC. The third kappa shape index (κ3) is 3.23. The van der Waals surface area contributed by atoms with E-state index in [9.17, 15) is 4.79 Å². The fraction of sp³-hybridized carbons (Fsp3) is 0.476. The van der Waals surface area contributed by atoms with Gasteiger partial charge in [-0.2, -0.15) is 0 Å². The quantitative estimate of drug-likeness (QED) is 0.771. The fourth-order valence-corrected chi connectivity index (χ4v) is 4.65. The van der Waals surface area contributed by atoms with Crippen molar-refractivity contribution in [2.75, 3.05) is 26.7 Å². The van der Waals surface area contributed by atoms with Gasteiger partial charge in [0.2, 0.25) is 5.91 Å². The van der Waals surface area contributed by atoms with Crippen LogP contribution < -0.4 is 5.32 Å². The maximum Gasteiger partial charge on any atom is 0.230 e. The predicted octanol–water partition coefficient (Wildman–Crippen LogP) is 3.97. The van der Waals surface area contributed by atoms with Crippen molar-refractivity contribution in [1.29, 1.82) is 0 Å². The number of amides is 1. The molecule has 1 aliphatic rings. The van der Waals surface area contributed by atoms with Crippen LogP contribution in [0.1, 0.15) is 31.4 Å². The van der Waals surface area contributed by atoms with Crippen molar-refractivity contribution in [2.24, 2.45) is 13.0 Å². The van der Waals surface area contributed by atoms with Crippen molar-refractivity contribution in [3.05, 3.63) is 40.0 Å². The molecule has 1 atom stereocenters. The summed E-state index contributed by atoms with van der Waals surface area (Å²) in [7, 11) is 4.01. The summed E-state index contributed by atoms with van der Waals surface area (Å²) in [6, 6.07) is 6.48. The normalized spacial score (nSPS) is 16.3. The van der Waals surface area contributed by atoms with E-state index in [1.807, 2.05) is 25.8 Å². The first-order chi connectivity index (χ1) is 12.5. The highest BCUT2D eigenvalue weighted by atomic mass is 79.9. The van der Waals surface area contributed by atoms with Crippen LogP contribution in [0, 0.1) is 5.92 Å². The number of carbonyl (C=O) groups is 1. The molecule has 0 spiro atoms. The molecule has 1 heterocycles. The number of carbonyl (C=O) groups excluding carboxylic acids is 1. The lowest BCUT2D eigenvalue weighted by Gasteiger charge is -2.25. The molecule has 0 saturated heterocycles. The highest BCUT2D eigenvalue weighted by molar-refractivity contribution is 9.10. The second-order valence-electron chi connectivity index (χ2n) is 6.89. The number of rotatable bonds is 6. The Morgan fingerprint density at radius 3 is 2.73 bits per heavy atom. The van der Waals surface area contributed by atoms with Gasteiger partial charge in [0.15, 0.2) is 0 Å². The number of aryl methyl sites for hydroxylation is 2. The zero-order chi connectivity index (χ0) is 18.8. The van der Waals surface area contributed by atoms with Crippen molar-refractivity contribution in [1.82, 2.24) is 14.8 Å². The topological polar surface area (TPSA) is 37.3 Å². The molecule has 0 aliphatic heterocycles. The van der Waals surface area contributed by atoms with Gasteiger partial charge >= 0.3 is 0 Å². The second-order valence-corrected chi connectivity index (χ2v) is 7.65. The fourth-order valence-electron chi connectivity index (χ4n) is 4.06. The average Bonchev–Trinajstić information content (AvgIpc) is 2.90. The van der Waals surface area contributed by atoms with E-state index < -0.39 is 0 Å². The van der Waals surface area contributed by atoms with E-state index in [1.54, 1.807) is 0 Å². The zero-order valence-corrected chi connectivity index (χ0v) is 17.7. The first-order valence-electron chi connectivity index (χ1n) is 9.43. The van der Waals surface area contributed by atoms with Gasteiger partial charge in [0.05, 0.1) is 10.5 Å². The van der Waals surface area contributed by atoms with Crippen LogP contribution in [-0.2, 0) is 18.3 Å². The van der Waals surface area contributed by atoms with Crippen LogP contribution >= 0.6 is 15.9 Å². The Kier molecular flexibility index (Phi) is 5.88. The van der Waals surface area contributed by atoms with Gasteiger partial charge in [-0.1, -0.05) is 18.2 Å². The molecule has 0 fully saturated rings. The molecule has 1 amide bonds. The third-order valence-corrected chi connectivity index (χ3v) is 6.47. The van der Waals surface area contributed by atoms with Crippen molar-refractivity contribution in [3.63, 3.8) is 0 Å². The first-order valence-corrected chi connectivity index (χ1v) is 10.2. The van der Waals surface area contributed by atoms with Crippen LogP contribution in [0.25, 0.3) is 16.5 Å². The van der Waals surface area contributed by atoms with Crippen LogP contribution in [0.15, 0.2) is 28.9 Å². The van der Waals surface area contributed by atoms with Crippen LogP contribution in [0.2, 0.25) is 0 Å². The van der Waals surface area contributed by atoms with Gasteiger partial charge in [0.25, 0.3) is 0 Å². The van der Waals surface area contributed by atoms with E-state index in [4.69, 9.17) is 0 Å². The minimum absolute atomic E-state index is 0.126. The lowest BCUT2D eigenvalue weighted by molar-refractivity contribution is -0.133. The summed E-state index contributed by atoms with van der Waals surface area (Å²) >= 11 is 3.75. The Labute approximate surface area is 164 Å². The van der Waals surface area contributed by atoms with Gasteiger partial charge < -0.3 is 14.8 Å². The van der Waals surface area contributed by atoms with Crippen LogP contribution in [0.3, 0.4) is 0 Å². The molecule has 3 rings (SSSR count). The second kappa shape index (κ2) is 7.97. The first kappa shape index (κ1) is 19.2. The highest BCUT2D eigenvalue weighted by Gasteiger charge is 2.25. The minimum atomic E-state index is -0.126. The number of hydrogen-bond acceptors (Lipinski definition) is 2. The summed E-state index contributed by atoms with van der Waals surface area (Å²) in [6.45, 7) is 6.26. The standard InChI is InChI=1S/C21H28BrN3O/c1-5-25(6-2)21(26)15(13-23-3)12-14-10-11-17-19-16(14)8-7-9-18(19)24(4)20(17)22/h7-9,12,15,23H,5-6,10-11,13H2,1-4H3/b14-12+. The Morgan fingerprint density at radius 2 is 2.08 bits per heavy atom. The number of hydrogen-bond donors (Lipinski definition) is 1. The molecular formula is C21H28BrN3O. The predicted molar refractivity (Wildman–Crippen MR) is 112 cm³/mol. The van der Waals surface area contributed by atoms with Crippen molar-refractivity contribution in [3.8, 4) is 0 Å². The van der Waals surface area contributed by atoms with E-state index in [0.717, 1.165) is 25.9 Å². The van der Waals surface area contributed by atoms with E-state index in [1.165, 1.54) is 32.2 Å². The molecule has 1 N–H and O–H groups in total. The van der Waals surface area contributed by atoms with Crippen molar-refractivity contribution < 1.29 is 4.79 Å². The molecule has 140 valence electrons. The molecule has 2 aromatic rings. The van der Waals surface area contributed by atoms with Gasteiger partial charge in [0.1, 0.15) is 0 Å². The van der Waals surface area contributed by atoms with Crippen LogP contribution in [-0.4, -0.2) is 42.1 Å². The maximum atomic E-state index is 12.9. The number of nitrogens with one attached hydrogen (secondary N) is 1. The summed E-state index contributed by atoms with van der Waals surface area (Å²) in [5, 5.41) is 4.53. The molecule has 26 heavy (non-hydrogen) atoms. The van der Waals surface area contributed by atoms with Gasteiger partial charge in [-0.3, -0.25) is 4.79 Å². The molecular weight excluding hydrogens is 390 g/mol. The molecule has 4 nitrogen and oxygen atoms in total. The summed E-state index contributed by atoms with van der Waals surface area (Å²) in [5.41, 5.74) is 5.20. The summed E-state index contributed by atoms with van der Waals surface area (Å²) < 4.78 is 3.38. The molecule has 0 radical (unpaired) electrons. The molecule has 1 aliphatic carbocycles. The monoisotopic (exact) mass is 417 g/mol. The summed E-state index contributed by atoms with van der Waals surface area (Å²) in [6.07, 6.45) is 4.18. The number of aromatic nitrogens is 1. The largest absolute Gasteiger partial charge is 0.343 e. The Morgan fingerprint density at radius 1 is 1.35 bits per heavy atom. The minimum Gasteiger partial charge on any atom is -0.343 e. The van der Waals surface area contributed by atoms with E-state index >= 15 is 0 Å². The number of allylic oxidation sites excluding steroid dienone is 1. The summed E-state index contributed by atoms with van der Waals surface area (Å²) in [4.78, 5) is 14.9. The molecule has 5 heteroatoms. The van der Waals surface area contributed by atoms with E-state index in [-0.39, 0.29) is 11.8 Å². The molecule has 0 bridgehead atoms. The molecule has 1 aromatic carbocycles. The highest BCUT2D eigenvalue weighted by Crippen LogP contribution is 2.41. The smallest absolute Gasteiger partial charge is 0.230 e.